The second-order valence-corrected chi connectivity index (χ2v) is 3.82. The van der Waals surface area contributed by atoms with Crippen molar-refractivity contribution in [2.75, 3.05) is 13.2 Å². The fraction of sp³-hybridized carbons (Fsp3) is 0.700. The monoisotopic (exact) mass is 246 g/mol. The molecule has 1 saturated heterocycles. The maximum Gasteiger partial charge on any atom is 0.335 e. The maximum atomic E-state index is 11.6. The molecule has 1 aliphatic rings. The number of carbonyl (C=O) groups is 3. The van der Waals surface area contributed by atoms with E-state index in [1.807, 2.05) is 0 Å². The van der Waals surface area contributed by atoms with Gasteiger partial charge in [-0.3, -0.25) is 14.4 Å². The van der Waals surface area contributed by atoms with Crippen molar-refractivity contribution >= 4 is 17.9 Å². The smallest absolute Gasteiger partial charge is 0.335 e. The van der Waals surface area contributed by atoms with Gasteiger partial charge in [-0.05, 0) is 6.42 Å². The third-order valence-electron chi connectivity index (χ3n) is 2.51. The number of esters is 1. The van der Waals surface area contributed by atoms with Gasteiger partial charge in [-0.15, -0.1) is 0 Å². The fourth-order valence-electron chi connectivity index (χ4n) is 1.41. The van der Waals surface area contributed by atoms with E-state index in [1.165, 1.54) is 0 Å². The van der Waals surface area contributed by atoms with Crippen LogP contribution in [-0.4, -0.2) is 47.4 Å². The first kappa shape index (κ1) is 13.4. The molecule has 0 saturated carbocycles. The zero-order chi connectivity index (χ0) is 13.1. The molecule has 0 radical (unpaired) electrons. The molecule has 0 bridgehead atoms. The average molecular weight is 246 g/mol. The van der Waals surface area contributed by atoms with E-state index in [0.29, 0.717) is 6.61 Å². The van der Waals surface area contributed by atoms with E-state index < -0.39 is 23.3 Å². The lowest BCUT2D eigenvalue weighted by molar-refractivity contribution is -0.179. The molecular weight excluding hydrogens is 232 g/mol. The van der Waals surface area contributed by atoms with E-state index in [-0.39, 0.29) is 25.6 Å². The van der Waals surface area contributed by atoms with Crippen LogP contribution in [0.3, 0.4) is 0 Å². The van der Waals surface area contributed by atoms with Crippen molar-refractivity contribution in [3.8, 4) is 0 Å². The topological polar surface area (TPSA) is 113 Å². The summed E-state index contributed by atoms with van der Waals surface area (Å²) < 4.78 is 9.46. The van der Waals surface area contributed by atoms with Gasteiger partial charge in [0.05, 0.1) is 6.61 Å². The van der Waals surface area contributed by atoms with E-state index in [9.17, 15) is 14.4 Å². The summed E-state index contributed by atoms with van der Waals surface area (Å²) in [5, 5.41) is 17.9. The van der Waals surface area contributed by atoms with Crippen LogP contribution in [0.2, 0.25) is 0 Å². The van der Waals surface area contributed by atoms with Gasteiger partial charge < -0.3 is 19.7 Å². The molecule has 0 aliphatic carbocycles. The number of hydrogen-bond acceptors (Lipinski definition) is 5. The predicted molar refractivity (Wildman–Crippen MR) is 53.3 cm³/mol. The van der Waals surface area contributed by atoms with E-state index in [1.54, 1.807) is 6.92 Å². The van der Waals surface area contributed by atoms with Crippen LogP contribution in [0, 0.1) is 5.41 Å². The summed E-state index contributed by atoms with van der Waals surface area (Å²) in [4.78, 5) is 33.7. The van der Waals surface area contributed by atoms with Gasteiger partial charge in [-0.25, -0.2) is 0 Å². The first-order valence-electron chi connectivity index (χ1n) is 5.20. The molecule has 2 N–H and O–H groups in total. The molecule has 7 heteroatoms. The summed E-state index contributed by atoms with van der Waals surface area (Å²) in [5.41, 5.74) is -2.51. The number of ether oxygens (including phenoxy) is 2. The van der Waals surface area contributed by atoms with Crippen molar-refractivity contribution in [1.29, 1.82) is 0 Å². The molecule has 17 heavy (non-hydrogen) atoms. The van der Waals surface area contributed by atoms with Gasteiger partial charge in [-0.2, -0.15) is 0 Å². The Balaban J connectivity index is 2.81. The molecule has 0 aromatic carbocycles. The van der Waals surface area contributed by atoms with Crippen molar-refractivity contribution in [1.82, 2.24) is 0 Å². The first-order chi connectivity index (χ1) is 7.95. The van der Waals surface area contributed by atoms with Crippen molar-refractivity contribution in [3.05, 3.63) is 0 Å². The third-order valence-corrected chi connectivity index (χ3v) is 2.51. The van der Waals surface area contributed by atoms with Gasteiger partial charge in [-0.1, -0.05) is 13.3 Å². The van der Waals surface area contributed by atoms with Gasteiger partial charge >= 0.3 is 17.9 Å². The Morgan fingerprint density at radius 1 is 1.35 bits per heavy atom. The second kappa shape index (κ2) is 5.13. The lowest BCUT2D eigenvalue weighted by Gasteiger charge is -2.21. The number of carboxylic acids is 2. The molecule has 1 unspecified atom stereocenters. The fourth-order valence-corrected chi connectivity index (χ4v) is 1.41. The van der Waals surface area contributed by atoms with Gasteiger partial charge in [0, 0.05) is 0 Å². The lowest BCUT2D eigenvalue weighted by atomic mass is 9.83. The molecule has 96 valence electrons. The zero-order valence-corrected chi connectivity index (χ0v) is 9.34. The minimum Gasteiger partial charge on any atom is -0.480 e. The van der Waals surface area contributed by atoms with Gasteiger partial charge in [0.15, 0.2) is 0 Å². The Bertz CT molecular complexity index is 318. The summed E-state index contributed by atoms with van der Waals surface area (Å²) in [5.74, 6) is -4.64. The summed E-state index contributed by atoms with van der Waals surface area (Å²) in [6.07, 6.45) is -0.295. The molecule has 1 atom stereocenters. The maximum absolute atomic E-state index is 11.6. The molecule has 0 amide bonds. The van der Waals surface area contributed by atoms with Gasteiger partial charge in [0.1, 0.15) is 12.7 Å². The highest BCUT2D eigenvalue weighted by Gasteiger charge is 2.55. The second-order valence-electron chi connectivity index (χ2n) is 3.82. The van der Waals surface area contributed by atoms with Crippen LogP contribution in [0.5, 0.6) is 0 Å². The number of rotatable bonds is 7. The van der Waals surface area contributed by atoms with E-state index in [0.717, 1.165) is 0 Å². The minimum atomic E-state index is -2.51. The summed E-state index contributed by atoms with van der Waals surface area (Å²) >= 11 is 0. The summed E-state index contributed by atoms with van der Waals surface area (Å²) in [6.45, 7) is 1.93. The number of carbonyl (C=O) groups excluding carboxylic acids is 1. The van der Waals surface area contributed by atoms with Crippen molar-refractivity contribution in [2.24, 2.45) is 5.41 Å². The SMILES string of the molecule is CCCC(C(=O)O)(C(=O)O)C(=O)OCC1CO1. The van der Waals surface area contributed by atoms with Gasteiger partial charge in [0.25, 0.3) is 5.41 Å². The Morgan fingerprint density at radius 2 is 1.88 bits per heavy atom. The summed E-state index contributed by atoms with van der Waals surface area (Å²) in [6, 6.07) is 0. The Morgan fingerprint density at radius 3 is 2.24 bits per heavy atom. The van der Waals surface area contributed by atoms with Crippen molar-refractivity contribution in [2.45, 2.75) is 25.9 Å². The number of carboxylic acid groups (broad SMARTS) is 2. The molecule has 0 aromatic heterocycles. The molecule has 0 aromatic rings. The van der Waals surface area contributed by atoms with Crippen LogP contribution in [-0.2, 0) is 23.9 Å². The van der Waals surface area contributed by atoms with Crippen molar-refractivity contribution < 1.29 is 34.1 Å². The quantitative estimate of drug-likeness (QED) is 0.366. The number of epoxide rings is 1. The van der Waals surface area contributed by atoms with E-state index >= 15 is 0 Å². The van der Waals surface area contributed by atoms with Crippen LogP contribution < -0.4 is 0 Å². The van der Waals surface area contributed by atoms with E-state index in [2.05, 4.69) is 4.74 Å². The normalized spacial score (nSPS) is 18.5. The van der Waals surface area contributed by atoms with Gasteiger partial charge in [0.2, 0.25) is 0 Å². The zero-order valence-electron chi connectivity index (χ0n) is 9.34. The first-order valence-corrected chi connectivity index (χ1v) is 5.20. The van der Waals surface area contributed by atoms with Crippen molar-refractivity contribution in [3.63, 3.8) is 0 Å². The molecule has 1 aliphatic heterocycles. The van der Waals surface area contributed by atoms with Crippen LogP contribution in [0.4, 0.5) is 0 Å². The van der Waals surface area contributed by atoms with Crippen LogP contribution >= 0.6 is 0 Å². The average Bonchev–Trinajstić information content (AvgIpc) is 3.05. The molecule has 1 heterocycles. The third kappa shape index (κ3) is 2.73. The highest BCUT2D eigenvalue weighted by Crippen LogP contribution is 2.27. The Hall–Kier alpha value is -1.63. The standard InChI is InChI=1S/C10H14O7/c1-2-3-10(7(11)12,8(13)14)9(15)17-5-6-4-16-6/h6H,2-5H2,1H3,(H,11,12)(H,13,14). The summed E-state index contributed by atoms with van der Waals surface area (Å²) in [7, 11) is 0. The molecule has 1 rings (SSSR count). The molecular formula is C10H14O7. The van der Waals surface area contributed by atoms with Crippen LogP contribution in [0.1, 0.15) is 19.8 Å². The number of aliphatic carboxylic acids is 2. The highest BCUT2D eigenvalue weighted by molar-refractivity contribution is 6.16. The highest BCUT2D eigenvalue weighted by atomic mass is 16.6. The molecule has 0 spiro atoms. The number of hydrogen-bond donors (Lipinski definition) is 2. The largest absolute Gasteiger partial charge is 0.480 e. The Labute approximate surface area is 97.3 Å². The van der Waals surface area contributed by atoms with Crippen LogP contribution in [0.15, 0.2) is 0 Å². The van der Waals surface area contributed by atoms with E-state index in [4.69, 9.17) is 14.9 Å². The predicted octanol–water partition coefficient (Wildman–Crippen LogP) is -0.116. The molecule has 1 fully saturated rings. The lowest BCUT2D eigenvalue weighted by Crippen LogP contribution is -2.47. The van der Waals surface area contributed by atoms with Crippen LogP contribution in [0.25, 0.3) is 0 Å². The molecule has 7 nitrogen and oxygen atoms in total. The minimum absolute atomic E-state index is 0.106. The Kier molecular flexibility index (Phi) is 4.06.